The highest BCUT2D eigenvalue weighted by atomic mass is 16.1. The zero-order valence-electron chi connectivity index (χ0n) is 11.0. The van der Waals surface area contributed by atoms with Gasteiger partial charge in [0, 0.05) is 17.9 Å². The van der Waals surface area contributed by atoms with Gasteiger partial charge in [-0.2, -0.15) is 0 Å². The summed E-state index contributed by atoms with van der Waals surface area (Å²) in [5, 5.41) is 3.51. The largest absolute Gasteiger partial charge is 0.382 e. The van der Waals surface area contributed by atoms with Crippen LogP contribution in [0.25, 0.3) is 0 Å². The van der Waals surface area contributed by atoms with Crippen LogP contribution in [0.5, 0.6) is 0 Å². The minimum Gasteiger partial charge on any atom is -0.382 e. The van der Waals surface area contributed by atoms with Crippen LogP contribution in [0.15, 0.2) is 18.3 Å². The standard InChI is InChI=1S/C14H21N3O/c1-9-4-3-5-12(10(9)2)17-11-6-7-16-13(8-11)14(15)18/h6-10,12H,3-5H2,1-2H3,(H2,15,18)(H,16,17). The molecule has 1 heterocycles. The van der Waals surface area contributed by atoms with E-state index in [1.807, 2.05) is 6.07 Å². The minimum absolute atomic E-state index is 0.316. The van der Waals surface area contributed by atoms with E-state index in [9.17, 15) is 4.79 Å². The highest BCUT2D eigenvalue weighted by Crippen LogP contribution is 2.31. The summed E-state index contributed by atoms with van der Waals surface area (Å²) in [5.74, 6) is 0.904. The quantitative estimate of drug-likeness (QED) is 0.862. The van der Waals surface area contributed by atoms with Crippen molar-refractivity contribution in [1.82, 2.24) is 4.98 Å². The maximum Gasteiger partial charge on any atom is 0.267 e. The van der Waals surface area contributed by atoms with Crippen molar-refractivity contribution in [3.8, 4) is 0 Å². The summed E-state index contributed by atoms with van der Waals surface area (Å²) < 4.78 is 0. The van der Waals surface area contributed by atoms with Gasteiger partial charge < -0.3 is 11.1 Å². The van der Waals surface area contributed by atoms with Gasteiger partial charge in [-0.3, -0.25) is 9.78 Å². The summed E-state index contributed by atoms with van der Waals surface area (Å²) in [4.78, 5) is 15.0. The second-order valence-corrected chi connectivity index (χ2v) is 5.31. The van der Waals surface area contributed by atoms with Gasteiger partial charge in [0.2, 0.25) is 0 Å². The summed E-state index contributed by atoms with van der Waals surface area (Å²) >= 11 is 0. The highest BCUT2D eigenvalue weighted by molar-refractivity contribution is 5.91. The third-order valence-electron chi connectivity index (χ3n) is 4.07. The van der Waals surface area contributed by atoms with Crippen molar-refractivity contribution in [2.45, 2.75) is 39.2 Å². The Kier molecular flexibility index (Phi) is 3.84. The van der Waals surface area contributed by atoms with Crippen molar-refractivity contribution in [3.63, 3.8) is 0 Å². The van der Waals surface area contributed by atoms with Gasteiger partial charge in [-0.25, -0.2) is 0 Å². The zero-order valence-corrected chi connectivity index (χ0v) is 11.0. The third-order valence-corrected chi connectivity index (χ3v) is 4.07. The van der Waals surface area contributed by atoms with Crippen LogP contribution in [0.2, 0.25) is 0 Å². The molecule has 0 bridgehead atoms. The summed E-state index contributed by atoms with van der Waals surface area (Å²) in [6.07, 6.45) is 5.37. The van der Waals surface area contributed by atoms with E-state index in [1.165, 1.54) is 19.3 Å². The molecule has 0 aliphatic heterocycles. The minimum atomic E-state index is -0.483. The molecule has 4 heteroatoms. The average Bonchev–Trinajstić information content (AvgIpc) is 2.35. The smallest absolute Gasteiger partial charge is 0.267 e. The molecular weight excluding hydrogens is 226 g/mol. The van der Waals surface area contributed by atoms with Crippen LogP contribution in [-0.2, 0) is 0 Å². The first-order valence-electron chi connectivity index (χ1n) is 6.60. The number of rotatable bonds is 3. The lowest BCUT2D eigenvalue weighted by molar-refractivity contribution is 0.0995. The van der Waals surface area contributed by atoms with E-state index in [4.69, 9.17) is 5.73 Å². The van der Waals surface area contributed by atoms with Crippen molar-refractivity contribution in [2.75, 3.05) is 5.32 Å². The lowest BCUT2D eigenvalue weighted by Gasteiger charge is -2.35. The first-order valence-corrected chi connectivity index (χ1v) is 6.60. The number of nitrogens with two attached hydrogens (primary N) is 1. The Balaban J connectivity index is 2.08. The fourth-order valence-corrected chi connectivity index (χ4v) is 2.65. The summed E-state index contributed by atoms with van der Waals surface area (Å²) in [6.45, 7) is 4.59. The Bertz CT molecular complexity index is 433. The van der Waals surface area contributed by atoms with Crippen LogP contribution >= 0.6 is 0 Å². The number of carbonyl (C=O) groups is 1. The van der Waals surface area contributed by atoms with Crippen molar-refractivity contribution in [1.29, 1.82) is 0 Å². The first kappa shape index (κ1) is 12.9. The van der Waals surface area contributed by atoms with Gasteiger partial charge in [0.1, 0.15) is 5.69 Å². The fourth-order valence-electron chi connectivity index (χ4n) is 2.65. The molecule has 3 atom stereocenters. The van der Waals surface area contributed by atoms with E-state index in [1.54, 1.807) is 12.3 Å². The molecule has 0 saturated heterocycles. The third kappa shape index (κ3) is 2.81. The second kappa shape index (κ2) is 5.38. The molecule has 0 radical (unpaired) electrons. The number of amides is 1. The molecule has 1 aliphatic carbocycles. The van der Waals surface area contributed by atoms with Crippen LogP contribution < -0.4 is 11.1 Å². The number of nitrogens with zero attached hydrogens (tertiary/aromatic N) is 1. The maximum atomic E-state index is 11.1. The van der Waals surface area contributed by atoms with Crippen molar-refractivity contribution >= 4 is 11.6 Å². The van der Waals surface area contributed by atoms with Gasteiger partial charge in [0.05, 0.1) is 0 Å². The van der Waals surface area contributed by atoms with Gasteiger partial charge >= 0.3 is 0 Å². The van der Waals surface area contributed by atoms with Crippen LogP contribution in [0.4, 0.5) is 5.69 Å². The number of nitrogens with one attached hydrogen (secondary N) is 1. The normalized spacial score (nSPS) is 27.8. The second-order valence-electron chi connectivity index (χ2n) is 5.31. The number of pyridine rings is 1. The SMILES string of the molecule is CC1CCCC(Nc2ccnc(C(N)=O)c2)C1C. The van der Waals surface area contributed by atoms with Crippen LogP contribution in [0.1, 0.15) is 43.6 Å². The van der Waals surface area contributed by atoms with Crippen molar-refractivity contribution < 1.29 is 4.79 Å². The van der Waals surface area contributed by atoms with E-state index < -0.39 is 5.91 Å². The maximum absolute atomic E-state index is 11.1. The molecule has 18 heavy (non-hydrogen) atoms. The highest BCUT2D eigenvalue weighted by Gasteiger charge is 2.26. The first-order chi connectivity index (χ1) is 8.58. The zero-order chi connectivity index (χ0) is 13.1. The molecule has 1 amide bonds. The Hall–Kier alpha value is -1.58. The van der Waals surface area contributed by atoms with E-state index in [0.717, 1.165) is 11.6 Å². The molecule has 3 N–H and O–H groups in total. The van der Waals surface area contributed by atoms with Crippen LogP contribution in [0, 0.1) is 11.8 Å². The summed E-state index contributed by atoms with van der Waals surface area (Å²) in [5.41, 5.74) is 6.49. The Morgan fingerprint density at radius 2 is 2.22 bits per heavy atom. The topological polar surface area (TPSA) is 68.0 Å². The predicted octanol–water partition coefficient (Wildman–Crippen LogP) is 2.42. The number of hydrogen-bond donors (Lipinski definition) is 2. The number of hydrogen-bond acceptors (Lipinski definition) is 3. The van der Waals surface area contributed by atoms with Crippen LogP contribution in [0.3, 0.4) is 0 Å². The number of primary amides is 1. The average molecular weight is 247 g/mol. The Labute approximate surface area is 108 Å². The number of carbonyl (C=O) groups excluding carboxylic acids is 1. The van der Waals surface area contributed by atoms with Gasteiger partial charge in [0.25, 0.3) is 5.91 Å². The molecule has 1 aliphatic rings. The van der Waals surface area contributed by atoms with E-state index in [2.05, 4.69) is 24.1 Å². The molecule has 98 valence electrons. The molecule has 1 aromatic rings. The Morgan fingerprint density at radius 1 is 1.44 bits per heavy atom. The van der Waals surface area contributed by atoms with E-state index >= 15 is 0 Å². The monoisotopic (exact) mass is 247 g/mol. The van der Waals surface area contributed by atoms with E-state index in [-0.39, 0.29) is 0 Å². The molecule has 0 aromatic carbocycles. The Morgan fingerprint density at radius 3 is 2.94 bits per heavy atom. The van der Waals surface area contributed by atoms with Crippen molar-refractivity contribution in [2.24, 2.45) is 17.6 Å². The van der Waals surface area contributed by atoms with Crippen molar-refractivity contribution in [3.05, 3.63) is 24.0 Å². The lowest BCUT2D eigenvalue weighted by atomic mass is 9.78. The van der Waals surface area contributed by atoms with Crippen LogP contribution in [-0.4, -0.2) is 16.9 Å². The molecule has 0 spiro atoms. The molecule has 4 nitrogen and oxygen atoms in total. The predicted molar refractivity (Wildman–Crippen MR) is 72.3 cm³/mol. The van der Waals surface area contributed by atoms with Gasteiger partial charge in [-0.1, -0.05) is 26.7 Å². The molecule has 2 rings (SSSR count). The fraction of sp³-hybridized carbons (Fsp3) is 0.571. The van der Waals surface area contributed by atoms with E-state index in [0.29, 0.717) is 17.7 Å². The summed E-state index contributed by atoms with van der Waals surface area (Å²) in [7, 11) is 0. The molecule has 1 fully saturated rings. The molecular formula is C14H21N3O. The molecule has 3 unspecified atom stereocenters. The van der Waals surface area contributed by atoms with Gasteiger partial charge in [-0.05, 0) is 30.4 Å². The number of anilines is 1. The number of aromatic nitrogens is 1. The lowest BCUT2D eigenvalue weighted by Crippen LogP contribution is -2.35. The molecule has 1 aromatic heterocycles. The van der Waals surface area contributed by atoms with Gasteiger partial charge in [0.15, 0.2) is 0 Å². The summed E-state index contributed by atoms with van der Waals surface area (Å²) in [6, 6.07) is 4.09. The van der Waals surface area contributed by atoms with Gasteiger partial charge in [-0.15, -0.1) is 0 Å². The molecule has 1 saturated carbocycles.